The minimum Gasteiger partial charge on any atom is -0.350 e. The Labute approximate surface area is 152 Å². The molecule has 4 amide bonds. The number of imide groups is 1. The number of hydrogen-bond donors (Lipinski definition) is 1. The number of nitrogens with one attached hydrogen (secondary N) is 1. The van der Waals surface area contributed by atoms with Gasteiger partial charge < -0.3 is 15.1 Å². The molecule has 1 aromatic rings. The van der Waals surface area contributed by atoms with Crippen LogP contribution in [-0.4, -0.2) is 71.2 Å². The fraction of sp³-hybridized carbons (Fsp3) is 0.444. The quantitative estimate of drug-likeness (QED) is 0.853. The molecule has 0 spiro atoms. The van der Waals surface area contributed by atoms with Crippen LogP contribution in [0.5, 0.6) is 0 Å². The minimum absolute atomic E-state index is 0.00995. The van der Waals surface area contributed by atoms with Crippen molar-refractivity contribution >= 4 is 24.2 Å². The number of amides is 4. The summed E-state index contributed by atoms with van der Waals surface area (Å²) in [5.74, 6) is -0.580. The Kier molecular flexibility index (Phi) is 4.43. The molecule has 1 fully saturated rings. The first kappa shape index (κ1) is 17.9. The number of carbonyl (C=O) groups is 3. The molecule has 2 atom stereocenters. The van der Waals surface area contributed by atoms with Crippen molar-refractivity contribution in [3.05, 3.63) is 35.4 Å². The van der Waals surface area contributed by atoms with Gasteiger partial charge in [-0.05, 0) is 19.4 Å². The van der Waals surface area contributed by atoms with Gasteiger partial charge in [0, 0.05) is 20.6 Å². The molecule has 2 heterocycles. The SMILES string of the molecule is Cc1ccc(CNC(=O)CN2C=NC3N(C)C(=O)N(C)C(=O)C32C)cc1. The summed E-state index contributed by atoms with van der Waals surface area (Å²) in [6.45, 7) is 4.12. The van der Waals surface area contributed by atoms with Crippen LogP contribution >= 0.6 is 0 Å². The van der Waals surface area contributed by atoms with Crippen LogP contribution in [0.25, 0.3) is 0 Å². The van der Waals surface area contributed by atoms with Crippen LogP contribution in [0.3, 0.4) is 0 Å². The van der Waals surface area contributed by atoms with Crippen LogP contribution in [0.4, 0.5) is 4.79 Å². The molecule has 8 heteroatoms. The number of rotatable bonds is 4. The number of fused-ring (bicyclic) bond motifs is 1. The van der Waals surface area contributed by atoms with Crippen LogP contribution < -0.4 is 5.32 Å². The highest BCUT2D eigenvalue weighted by Gasteiger charge is 2.58. The summed E-state index contributed by atoms with van der Waals surface area (Å²) < 4.78 is 0. The Morgan fingerprint density at radius 1 is 1.23 bits per heavy atom. The zero-order valence-electron chi connectivity index (χ0n) is 15.4. The van der Waals surface area contributed by atoms with Gasteiger partial charge in [0.05, 0.1) is 12.9 Å². The zero-order chi connectivity index (χ0) is 19.1. The van der Waals surface area contributed by atoms with Gasteiger partial charge in [-0.3, -0.25) is 14.5 Å². The fourth-order valence-electron chi connectivity index (χ4n) is 3.36. The third-order valence-corrected chi connectivity index (χ3v) is 5.06. The fourth-order valence-corrected chi connectivity index (χ4v) is 3.36. The zero-order valence-corrected chi connectivity index (χ0v) is 15.4. The molecule has 1 N–H and O–H groups in total. The second-order valence-electron chi connectivity index (χ2n) is 6.93. The number of benzene rings is 1. The Bertz CT molecular complexity index is 776. The largest absolute Gasteiger partial charge is 0.350 e. The highest BCUT2D eigenvalue weighted by atomic mass is 16.2. The number of carbonyl (C=O) groups excluding carboxylic acids is 3. The maximum absolute atomic E-state index is 12.7. The lowest BCUT2D eigenvalue weighted by Gasteiger charge is -2.46. The Morgan fingerprint density at radius 3 is 2.54 bits per heavy atom. The van der Waals surface area contributed by atoms with Gasteiger partial charge in [-0.2, -0.15) is 0 Å². The number of nitrogens with zero attached hydrogens (tertiary/aromatic N) is 4. The standard InChI is InChI=1S/C18H23N5O3/c1-12-5-7-13(8-6-12)9-19-14(24)10-23-11-20-15-18(23,2)16(25)22(4)17(26)21(15)3/h5-8,11,15H,9-10H2,1-4H3,(H,19,24). The molecule has 0 radical (unpaired) electrons. The van der Waals surface area contributed by atoms with Gasteiger partial charge in [-0.1, -0.05) is 29.8 Å². The highest BCUT2D eigenvalue weighted by Crippen LogP contribution is 2.34. The molecule has 2 aliphatic heterocycles. The predicted octanol–water partition coefficient (Wildman–Crippen LogP) is 0.564. The molecule has 26 heavy (non-hydrogen) atoms. The van der Waals surface area contributed by atoms with E-state index in [1.54, 1.807) is 18.9 Å². The van der Waals surface area contributed by atoms with E-state index in [0.717, 1.165) is 16.0 Å². The van der Waals surface area contributed by atoms with Gasteiger partial charge in [-0.25, -0.2) is 9.79 Å². The lowest BCUT2D eigenvalue weighted by molar-refractivity contribution is -0.144. The first-order valence-corrected chi connectivity index (χ1v) is 8.42. The van der Waals surface area contributed by atoms with E-state index >= 15 is 0 Å². The van der Waals surface area contributed by atoms with Crippen molar-refractivity contribution in [2.45, 2.75) is 32.1 Å². The summed E-state index contributed by atoms with van der Waals surface area (Å²) in [5.41, 5.74) is 1.08. The van der Waals surface area contributed by atoms with Gasteiger partial charge >= 0.3 is 6.03 Å². The molecule has 138 valence electrons. The summed E-state index contributed by atoms with van der Waals surface area (Å²) in [7, 11) is 3.04. The number of likely N-dealkylation sites (N-methyl/N-ethyl adjacent to an activating group) is 2. The molecule has 8 nitrogen and oxygen atoms in total. The van der Waals surface area contributed by atoms with Gasteiger partial charge in [0.15, 0.2) is 11.7 Å². The molecule has 2 aliphatic rings. The van der Waals surface area contributed by atoms with Gasteiger partial charge in [0.2, 0.25) is 5.91 Å². The van der Waals surface area contributed by atoms with Crippen molar-refractivity contribution < 1.29 is 14.4 Å². The van der Waals surface area contributed by atoms with E-state index in [4.69, 9.17) is 0 Å². The topological polar surface area (TPSA) is 85.3 Å². The van der Waals surface area contributed by atoms with Gasteiger partial charge in [0.25, 0.3) is 5.91 Å². The molecule has 2 unspecified atom stereocenters. The number of aryl methyl sites for hydroxylation is 1. The molecule has 1 aromatic carbocycles. The summed E-state index contributed by atoms with van der Waals surface area (Å²) in [6, 6.07) is 7.50. The smallest absolute Gasteiger partial charge is 0.328 e. The van der Waals surface area contributed by atoms with E-state index in [9.17, 15) is 14.4 Å². The number of aliphatic imine (C=N–C) groups is 1. The molecule has 0 aromatic heterocycles. The maximum atomic E-state index is 12.7. The Balaban J connectivity index is 1.67. The van der Waals surface area contributed by atoms with Crippen LogP contribution in [0.15, 0.2) is 29.3 Å². The predicted molar refractivity (Wildman–Crippen MR) is 96.3 cm³/mol. The van der Waals surface area contributed by atoms with Gasteiger partial charge in [-0.15, -0.1) is 0 Å². The van der Waals surface area contributed by atoms with Crippen molar-refractivity contribution in [3.8, 4) is 0 Å². The number of hydrogen-bond acceptors (Lipinski definition) is 5. The van der Waals surface area contributed by atoms with Crippen molar-refractivity contribution in [2.75, 3.05) is 20.6 Å². The van der Waals surface area contributed by atoms with Crippen molar-refractivity contribution in [1.82, 2.24) is 20.0 Å². The maximum Gasteiger partial charge on any atom is 0.328 e. The van der Waals surface area contributed by atoms with Crippen molar-refractivity contribution in [2.24, 2.45) is 4.99 Å². The molecular formula is C18H23N5O3. The third-order valence-electron chi connectivity index (χ3n) is 5.06. The number of urea groups is 1. The molecule has 1 saturated heterocycles. The molecule has 0 saturated carbocycles. The van der Waals surface area contributed by atoms with Gasteiger partial charge in [0.1, 0.15) is 0 Å². The lowest BCUT2D eigenvalue weighted by Crippen LogP contribution is -2.71. The average molecular weight is 357 g/mol. The molecule has 0 aliphatic carbocycles. The van der Waals surface area contributed by atoms with E-state index < -0.39 is 17.7 Å². The second-order valence-corrected chi connectivity index (χ2v) is 6.93. The van der Waals surface area contributed by atoms with E-state index in [0.29, 0.717) is 6.54 Å². The minimum atomic E-state index is -1.08. The molecule has 0 bridgehead atoms. The summed E-state index contributed by atoms with van der Waals surface area (Å²) in [4.78, 5) is 45.6. The van der Waals surface area contributed by atoms with E-state index in [-0.39, 0.29) is 18.4 Å². The first-order valence-electron chi connectivity index (χ1n) is 8.42. The second kappa shape index (κ2) is 6.44. The van der Waals surface area contributed by atoms with Crippen LogP contribution in [0.2, 0.25) is 0 Å². The first-order chi connectivity index (χ1) is 12.2. The molecule has 3 rings (SSSR count). The van der Waals surface area contributed by atoms with Crippen molar-refractivity contribution in [3.63, 3.8) is 0 Å². The Morgan fingerprint density at radius 2 is 1.88 bits per heavy atom. The lowest BCUT2D eigenvalue weighted by atomic mass is 9.92. The monoisotopic (exact) mass is 357 g/mol. The summed E-state index contributed by atoms with van der Waals surface area (Å²) >= 11 is 0. The average Bonchev–Trinajstić information content (AvgIpc) is 2.95. The van der Waals surface area contributed by atoms with E-state index in [2.05, 4.69) is 10.3 Å². The summed E-state index contributed by atoms with van der Waals surface area (Å²) in [5, 5.41) is 2.86. The third kappa shape index (κ3) is 2.81. The molecular weight excluding hydrogens is 334 g/mol. The van der Waals surface area contributed by atoms with Crippen LogP contribution in [-0.2, 0) is 16.1 Å². The van der Waals surface area contributed by atoms with Crippen LogP contribution in [0.1, 0.15) is 18.1 Å². The van der Waals surface area contributed by atoms with Crippen LogP contribution in [0, 0.1) is 6.92 Å². The highest BCUT2D eigenvalue weighted by molar-refractivity contribution is 6.04. The van der Waals surface area contributed by atoms with E-state index in [1.807, 2.05) is 31.2 Å². The normalized spacial score (nSPS) is 24.9. The Hall–Kier alpha value is -2.90. The summed E-state index contributed by atoms with van der Waals surface area (Å²) in [6.07, 6.45) is 0.848. The van der Waals surface area contributed by atoms with Crippen molar-refractivity contribution in [1.29, 1.82) is 0 Å². The van der Waals surface area contributed by atoms with E-state index in [1.165, 1.54) is 18.3 Å².